The van der Waals surface area contributed by atoms with E-state index < -0.39 is 32.3 Å². The molecule has 2 heterocycles. The third-order valence-corrected chi connectivity index (χ3v) is 10.6. The fourth-order valence-corrected chi connectivity index (χ4v) is 7.89. The minimum atomic E-state index is -4.56. The number of aliphatic hydroxyl groups excluding tert-OH is 1. The van der Waals surface area contributed by atoms with E-state index in [1.54, 1.807) is 18.2 Å². The van der Waals surface area contributed by atoms with Crippen LogP contribution < -0.4 is 0 Å². The molecule has 0 amide bonds. The standard InChI is InChI=1S/C21H10F3N2Te.C13H24O2.Ir/c22-21(23,24)20-16-10-13-6-2-1-5-12(13)9-15(16)19(25-26-20)18-11-14-7-3-4-8-17(14)27-18;1-5-10(6-2)12(14)9-13(15)11(7-3)8-4;/h1-10H;9-11,14H,5-8H2,1-4H3;/q-1;;/b;12-9-;. The molecule has 229 valence electrons. The molecule has 0 aliphatic carbocycles. The zero-order chi connectivity index (χ0) is 30.4. The molecule has 0 aliphatic rings. The summed E-state index contributed by atoms with van der Waals surface area (Å²) in [5.41, 5.74) is -0.425. The average Bonchev–Trinajstić information content (AvgIpc) is 3.41. The molecule has 43 heavy (non-hydrogen) atoms. The number of carbonyl (C=O) groups excluding carboxylic acids is 1. The van der Waals surface area contributed by atoms with Crippen molar-refractivity contribution in [1.82, 2.24) is 10.2 Å². The number of benzene rings is 3. The predicted octanol–water partition coefficient (Wildman–Crippen LogP) is 9.35. The molecule has 5 aromatic rings. The van der Waals surface area contributed by atoms with Gasteiger partial charge in [0.15, 0.2) is 5.78 Å². The molecule has 0 saturated carbocycles. The van der Waals surface area contributed by atoms with Gasteiger partial charge in [-0.1, -0.05) is 27.7 Å². The molecule has 5 rings (SSSR count). The third-order valence-electron chi connectivity index (χ3n) is 7.56. The zero-order valence-corrected chi connectivity index (χ0v) is 29.2. The Balaban J connectivity index is 0.000000274. The number of alkyl halides is 3. The van der Waals surface area contributed by atoms with E-state index in [0.29, 0.717) is 11.1 Å². The largest absolute Gasteiger partial charge is 0 e. The summed E-state index contributed by atoms with van der Waals surface area (Å²) < 4.78 is 42.7. The topological polar surface area (TPSA) is 63.1 Å². The van der Waals surface area contributed by atoms with Crippen molar-refractivity contribution in [2.24, 2.45) is 11.8 Å². The Morgan fingerprint density at radius 2 is 1.44 bits per heavy atom. The van der Waals surface area contributed by atoms with Crippen LogP contribution in [0, 0.1) is 17.9 Å². The summed E-state index contributed by atoms with van der Waals surface area (Å²) in [6, 6.07) is 22.0. The second-order valence-corrected chi connectivity index (χ2v) is 13.2. The van der Waals surface area contributed by atoms with Crippen molar-refractivity contribution < 1.29 is 43.2 Å². The quantitative estimate of drug-likeness (QED) is 0.0556. The maximum absolute atomic E-state index is 13.5. The molecule has 2 aromatic heterocycles. The van der Waals surface area contributed by atoms with E-state index in [9.17, 15) is 23.1 Å². The van der Waals surface area contributed by atoms with E-state index in [0.717, 1.165) is 45.4 Å². The van der Waals surface area contributed by atoms with Crippen molar-refractivity contribution in [3.63, 3.8) is 0 Å². The van der Waals surface area contributed by atoms with Crippen molar-refractivity contribution >= 4 is 56.5 Å². The summed E-state index contributed by atoms with van der Waals surface area (Å²) in [5.74, 6) is 0.547. The SMILES string of the molecule is CCC(CC)C(=O)/C=C(\O)C(CC)CC.FC(F)(F)c1nnc(-c2[c-]c3ccccc3[te]2)c2cc3ccccc3cc12.[Ir]. The van der Waals surface area contributed by atoms with Crippen LogP contribution in [0.4, 0.5) is 13.2 Å². The van der Waals surface area contributed by atoms with Crippen molar-refractivity contribution in [2.45, 2.75) is 59.6 Å². The summed E-state index contributed by atoms with van der Waals surface area (Å²) >= 11 is -0.765. The minimum Gasteiger partial charge on any atom is 0 e. The second-order valence-electron chi connectivity index (χ2n) is 10.2. The molecule has 4 nitrogen and oxygen atoms in total. The number of hydrogen-bond acceptors (Lipinski definition) is 4. The van der Waals surface area contributed by atoms with Gasteiger partial charge in [0.2, 0.25) is 0 Å². The van der Waals surface area contributed by atoms with Crippen molar-refractivity contribution in [3.05, 3.63) is 84.3 Å². The van der Waals surface area contributed by atoms with Crippen LogP contribution in [0.5, 0.6) is 0 Å². The Hall–Kier alpha value is -2.56. The molecular weight excluding hydrogens is 845 g/mol. The van der Waals surface area contributed by atoms with Gasteiger partial charge in [-0.2, -0.15) is 0 Å². The van der Waals surface area contributed by atoms with Gasteiger partial charge in [0, 0.05) is 38.0 Å². The summed E-state index contributed by atoms with van der Waals surface area (Å²) in [4.78, 5) is 11.7. The Morgan fingerprint density at radius 1 is 0.884 bits per heavy atom. The van der Waals surface area contributed by atoms with Gasteiger partial charge in [0.05, 0.1) is 5.76 Å². The first kappa shape index (κ1) is 34.9. The van der Waals surface area contributed by atoms with E-state index in [1.807, 2.05) is 70.2 Å². The van der Waals surface area contributed by atoms with Crippen LogP contribution >= 0.6 is 0 Å². The summed E-state index contributed by atoms with van der Waals surface area (Å²) in [7, 11) is 0. The van der Waals surface area contributed by atoms with E-state index in [1.165, 1.54) is 9.48 Å². The minimum absolute atomic E-state index is 0. The maximum atomic E-state index is 13.5. The van der Waals surface area contributed by atoms with E-state index in [4.69, 9.17) is 0 Å². The summed E-state index contributed by atoms with van der Waals surface area (Å²) in [6.07, 6.45) is 0.350. The van der Waals surface area contributed by atoms with Crippen LogP contribution in [0.3, 0.4) is 0 Å². The van der Waals surface area contributed by atoms with Crippen molar-refractivity contribution in [3.8, 4) is 9.27 Å². The first-order valence-corrected chi connectivity index (χ1v) is 16.6. The summed E-state index contributed by atoms with van der Waals surface area (Å²) in [6.45, 7) is 8.07. The van der Waals surface area contributed by atoms with Gasteiger partial charge >= 0.3 is 162 Å². The molecule has 0 fully saturated rings. The summed E-state index contributed by atoms with van der Waals surface area (Å²) in [5, 5.41) is 20.5. The van der Waals surface area contributed by atoms with Gasteiger partial charge in [0.1, 0.15) is 0 Å². The molecule has 9 heteroatoms. The van der Waals surface area contributed by atoms with Gasteiger partial charge in [-0.25, -0.2) is 0 Å². The smallest absolute Gasteiger partial charge is 0 e. The van der Waals surface area contributed by atoms with Gasteiger partial charge in [0.25, 0.3) is 0 Å². The molecule has 0 bridgehead atoms. The number of fused-ring (bicyclic) bond motifs is 3. The number of allylic oxidation sites excluding steroid dienone is 2. The number of hydrogen-bond donors (Lipinski definition) is 1. The zero-order valence-electron chi connectivity index (χ0n) is 24.5. The fraction of sp³-hybridized carbons (Fsp3) is 0.324. The van der Waals surface area contributed by atoms with Crippen LogP contribution in [0.25, 0.3) is 39.6 Å². The van der Waals surface area contributed by atoms with Gasteiger partial charge in [-0.15, -0.1) is 0 Å². The molecule has 0 aliphatic heterocycles. The molecule has 1 N–H and O–H groups in total. The molecule has 1 radical (unpaired) electrons. The molecule has 0 saturated heterocycles. The first-order valence-electron chi connectivity index (χ1n) is 14.2. The second kappa shape index (κ2) is 15.4. The number of aromatic nitrogens is 2. The van der Waals surface area contributed by atoms with Gasteiger partial charge in [-0.3, -0.25) is 4.79 Å². The van der Waals surface area contributed by atoms with Crippen molar-refractivity contribution in [1.29, 1.82) is 0 Å². The number of halogens is 3. The van der Waals surface area contributed by atoms with E-state index in [2.05, 4.69) is 16.3 Å². The number of carbonyl (C=O) groups is 1. The third kappa shape index (κ3) is 8.13. The molecule has 0 spiro atoms. The monoisotopic (exact) mass is 882 g/mol. The molecule has 0 unspecified atom stereocenters. The van der Waals surface area contributed by atoms with Crippen molar-refractivity contribution in [2.75, 3.05) is 0 Å². The number of aliphatic hydroxyl groups is 1. The Bertz CT molecular complexity index is 1690. The van der Waals surface area contributed by atoms with E-state index >= 15 is 0 Å². The number of ketones is 1. The van der Waals surface area contributed by atoms with E-state index in [-0.39, 0.29) is 48.9 Å². The van der Waals surface area contributed by atoms with Crippen LogP contribution in [0.1, 0.15) is 59.1 Å². The van der Waals surface area contributed by atoms with Gasteiger partial charge < -0.3 is 5.11 Å². The Morgan fingerprint density at radius 3 is 2.00 bits per heavy atom. The molecule has 0 atom stereocenters. The first-order chi connectivity index (χ1) is 20.1. The Labute approximate surface area is 273 Å². The maximum Gasteiger partial charge on any atom is 0 e. The molecule has 3 aromatic carbocycles. The molecular formula is C34H34F3IrN2O2Te-. The van der Waals surface area contributed by atoms with Gasteiger partial charge in [-0.05, 0) is 25.7 Å². The van der Waals surface area contributed by atoms with Crippen LogP contribution in [0.2, 0.25) is 0 Å². The van der Waals surface area contributed by atoms with Crippen LogP contribution in [-0.2, 0) is 31.1 Å². The van der Waals surface area contributed by atoms with Crippen LogP contribution in [0.15, 0.2) is 72.5 Å². The predicted molar refractivity (Wildman–Crippen MR) is 165 cm³/mol. The fourth-order valence-electron chi connectivity index (χ4n) is 5.02. The normalized spacial score (nSPS) is 12.1. The van der Waals surface area contributed by atoms with Crippen LogP contribution in [-0.4, -0.2) is 41.5 Å². The Kier molecular flexibility index (Phi) is 12.5. The number of nitrogens with zero attached hydrogens (tertiary/aromatic N) is 2. The number of rotatable bonds is 8. The average molecular weight is 879 g/mol.